The third-order valence-corrected chi connectivity index (χ3v) is 9.26. The molecule has 2 aromatic carbocycles. The summed E-state index contributed by atoms with van der Waals surface area (Å²) in [5, 5.41) is 20.1. The lowest BCUT2D eigenvalue weighted by Gasteiger charge is -2.42. The highest BCUT2D eigenvalue weighted by Gasteiger charge is 2.32. The Morgan fingerprint density at radius 3 is 2.50 bits per heavy atom. The number of nitrogens with one attached hydrogen (secondary N) is 4. The summed E-state index contributed by atoms with van der Waals surface area (Å²) in [5.74, 6) is -0.541. The molecule has 0 unspecified atom stereocenters. The van der Waals surface area contributed by atoms with Crippen LogP contribution in [0, 0.1) is 17.1 Å². The van der Waals surface area contributed by atoms with Gasteiger partial charge in [-0.25, -0.2) is 9.37 Å². The largest absolute Gasteiger partial charge is 0.373 e. The standard InChI is InChI=1S/C33H33Cl3FN9/c1-33(2,3)45-11-8-22(9-12-45)46-18-28(43-44-46)31(23-5-4-10-39-32(23)36)42-21-13-24-29(41-20-6-7-27(37)25(34)14-20)19(16-38)17-40-30(24)26(35)15-21/h4-7,10,13-15,17-18,22,31,42-44H,8-9,11-12H2,1-3H3,(H,40,41)/t31-/m0/s1. The quantitative estimate of drug-likeness (QED) is 0.145. The molecule has 4 heterocycles. The molecular weight excluding hydrogens is 648 g/mol. The van der Waals surface area contributed by atoms with Crippen LogP contribution in [0.2, 0.25) is 15.2 Å². The molecule has 0 amide bonds. The summed E-state index contributed by atoms with van der Waals surface area (Å²) >= 11 is 19.5. The van der Waals surface area contributed by atoms with Crippen LogP contribution in [-0.4, -0.2) is 44.5 Å². The lowest BCUT2D eigenvalue weighted by atomic mass is 9.98. The number of hydrazine groups is 2. The lowest BCUT2D eigenvalue weighted by molar-refractivity contribution is 0.0570. The predicted octanol–water partition coefficient (Wildman–Crippen LogP) is 7.93. The molecule has 2 aliphatic heterocycles. The van der Waals surface area contributed by atoms with Gasteiger partial charge < -0.3 is 16.1 Å². The molecule has 0 spiro atoms. The highest BCUT2D eigenvalue weighted by Crippen LogP contribution is 2.38. The molecule has 0 radical (unpaired) electrons. The molecule has 46 heavy (non-hydrogen) atoms. The average Bonchev–Trinajstić information content (AvgIpc) is 3.52. The Kier molecular flexibility index (Phi) is 9.15. The van der Waals surface area contributed by atoms with Crippen molar-refractivity contribution >= 4 is 62.8 Å². The number of nitriles is 1. The maximum Gasteiger partial charge on any atom is 0.141 e. The molecule has 0 bridgehead atoms. The van der Waals surface area contributed by atoms with E-state index in [0.29, 0.717) is 44.2 Å². The van der Waals surface area contributed by atoms with E-state index in [4.69, 9.17) is 34.8 Å². The summed E-state index contributed by atoms with van der Waals surface area (Å²) in [6.07, 6.45) is 7.21. The lowest BCUT2D eigenvalue weighted by Crippen LogP contribution is -2.52. The minimum atomic E-state index is -0.541. The number of pyridine rings is 2. The molecule has 4 aromatic rings. The first-order valence-corrected chi connectivity index (χ1v) is 16.0. The molecule has 0 saturated carbocycles. The molecular formula is C33H33Cl3FN9. The molecule has 13 heteroatoms. The topological polar surface area (TPSA) is 104 Å². The molecule has 1 saturated heterocycles. The zero-order valence-electron chi connectivity index (χ0n) is 25.5. The molecule has 1 atom stereocenters. The SMILES string of the molecule is CC(C)(C)N1CCC(N2C=C([C@@H](Nc3cc(Cl)c4ncc(C#N)c(Nc5ccc(F)c(Cl)c5)c4c3)c3cccnc3Cl)NN2)CC1. The van der Waals surface area contributed by atoms with Gasteiger partial charge in [-0.3, -0.25) is 14.9 Å². The summed E-state index contributed by atoms with van der Waals surface area (Å²) in [6.45, 7) is 8.79. The first-order chi connectivity index (χ1) is 22.0. The Bertz CT molecular complexity index is 1850. The molecule has 2 aliphatic rings. The van der Waals surface area contributed by atoms with Crippen LogP contribution in [0.5, 0.6) is 0 Å². The van der Waals surface area contributed by atoms with Gasteiger partial charge in [0.05, 0.1) is 38.6 Å². The molecule has 2 aromatic heterocycles. The van der Waals surface area contributed by atoms with Gasteiger partial charge in [0.25, 0.3) is 0 Å². The van der Waals surface area contributed by atoms with E-state index in [0.717, 1.165) is 37.2 Å². The predicted molar refractivity (Wildman–Crippen MR) is 182 cm³/mol. The van der Waals surface area contributed by atoms with Crippen molar-refractivity contribution in [3.05, 3.63) is 98.9 Å². The minimum absolute atomic E-state index is 0.0433. The van der Waals surface area contributed by atoms with Gasteiger partial charge in [0, 0.05) is 65.6 Å². The van der Waals surface area contributed by atoms with Crippen LogP contribution in [0.15, 0.2) is 66.8 Å². The molecule has 238 valence electrons. The van der Waals surface area contributed by atoms with Crippen LogP contribution in [0.4, 0.5) is 21.5 Å². The Morgan fingerprint density at radius 1 is 1.04 bits per heavy atom. The van der Waals surface area contributed by atoms with E-state index in [9.17, 15) is 9.65 Å². The van der Waals surface area contributed by atoms with Crippen molar-refractivity contribution in [2.75, 3.05) is 23.7 Å². The number of piperidine rings is 1. The molecule has 6 rings (SSSR count). The van der Waals surface area contributed by atoms with E-state index < -0.39 is 11.9 Å². The number of benzene rings is 2. The van der Waals surface area contributed by atoms with E-state index in [1.807, 2.05) is 18.2 Å². The second kappa shape index (κ2) is 13.1. The Balaban J connectivity index is 1.35. The van der Waals surface area contributed by atoms with Gasteiger partial charge in [-0.1, -0.05) is 40.9 Å². The Hall–Kier alpha value is -3.85. The summed E-state index contributed by atoms with van der Waals surface area (Å²) < 4.78 is 13.9. The normalized spacial score (nSPS) is 16.6. The van der Waals surface area contributed by atoms with Crippen LogP contribution in [0.3, 0.4) is 0 Å². The maximum atomic E-state index is 13.9. The molecule has 1 fully saturated rings. The van der Waals surface area contributed by atoms with Gasteiger partial charge in [0.15, 0.2) is 0 Å². The third kappa shape index (κ3) is 6.66. The van der Waals surface area contributed by atoms with E-state index in [2.05, 4.69) is 74.5 Å². The zero-order valence-corrected chi connectivity index (χ0v) is 27.8. The fraction of sp³-hybridized carbons (Fsp3) is 0.303. The molecule has 4 N–H and O–H groups in total. The van der Waals surface area contributed by atoms with Crippen molar-refractivity contribution in [3.8, 4) is 6.07 Å². The summed E-state index contributed by atoms with van der Waals surface area (Å²) in [4.78, 5) is 11.3. The van der Waals surface area contributed by atoms with Gasteiger partial charge in [-0.2, -0.15) is 5.26 Å². The third-order valence-electron chi connectivity index (χ3n) is 8.37. The fourth-order valence-corrected chi connectivity index (χ4v) is 6.56. The van der Waals surface area contributed by atoms with Crippen molar-refractivity contribution in [1.82, 2.24) is 30.8 Å². The van der Waals surface area contributed by atoms with Gasteiger partial charge in [-0.15, -0.1) is 5.53 Å². The average molecular weight is 681 g/mol. The van der Waals surface area contributed by atoms with Crippen molar-refractivity contribution < 1.29 is 4.39 Å². The second-order valence-electron chi connectivity index (χ2n) is 12.3. The maximum absolute atomic E-state index is 13.9. The van der Waals surface area contributed by atoms with E-state index in [1.54, 1.807) is 18.3 Å². The van der Waals surface area contributed by atoms with E-state index in [1.165, 1.54) is 18.3 Å². The van der Waals surface area contributed by atoms with Gasteiger partial charge in [0.1, 0.15) is 17.0 Å². The van der Waals surface area contributed by atoms with E-state index in [-0.39, 0.29) is 16.1 Å². The van der Waals surface area contributed by atoms with Crippen LogP contribution < -0.4 is 21.6 Å². The second-order valence-corrected chi connectivity index (χ2v) is 13.5. The number of hydrogen-bond donors (Lipinski definition) is 4. The van der Waals surface area contributed by atoms with Crippen LogP contribution in [0.1, 0.15) is 50.8 Å². The number of aromatic nitrogens is 2. The van der Waals surface area contributed by atoms with Crippen molar-refractivity contribution in [2.24, 2.45) is 0 Å². The molecule has 0 aliphatic carbocycles. The van der Waals surface area contributed by atoms with Crippen molar-refractivity contribution in [3.63, 3.8) is 0 Å². The van der Waals surface area contributed by atoms with Crippen LogP contribution in [-0.2, 0) is 0 Å². The summed E-state index contributed by atoms with van der Waals surface area (Å²) in [5.41, 5.74) is 10.8. The number of hydrogen-bond acceptors (Lipinski definition) is 9. The highest BCUT2D eigenvalue weighted by molar-refractivity contribution is 6.36. The smallest absolute Gasteiger partial charge is 0.141 e. The number of likely N-dealkylation sites (tertiary alicyclic amines) is 1. The van der Waals surface area contributed by atoms with Crippen LogP contribution in [0.25, 0.3) is 10.9 Å². The number of fused-ring (bicyclic) bond motifs is 1. The van der Waals surface area contributed by atoms with Gasteiger partial charge >= 0.3 is 0 Å². The summed E-state index contributed by atoms with van der Waals surface area (Å²) in [6, 6.07) is 13.7. The number of halogens is 4. The Morgan fingerprint density at radius 2 is 1.80 bits per heavy atom. The van der Waals surface area contributed by atoms with Crippen molar-refractivity contribution in [2.45, 2.75) is 51.2 Å². The number of rotatable bonds is 7. The number of anilines is 3. The first kappa shape index (κ1) is 32.1. The Labute approximate surface area is 282 Å². The van der Waals surface area contributed by atoms with Gasteiger partial charge in [0.2, 0.25) is 0 Å². The van der Waals surface area contributed by atoms with Crippen LogP contribution >= 0.6 is 34.8 Å². The number of nitrogens with zero attached hydrogens (tertiary/aromatic N) is 5. The minimum Gasteiger partial charge on any atom is -0.373 e. The monoisotopic (exact) mass is 679 g/mol. The summed E-state index contributed by atoms with van der Waals surface area (Å²) in [7, 11) is 0. The molecule has 9 nitrogen and oxygen atoms in total. The zero-order chi connectivity index (χ0) is 32.6. The first-order valence-electron chi connectivity index (χ1n) is 14.9. The van der Waals surface area contributed by atoms with Crippen molar-refractivity contribution in [1.29, 1.82) is 5.26 Å². The van der Waals surface area contributed by atoms with Gasteiger partial charge in [-0.05, 0) is 70.0 Å². The van der Waals surface area contributed by atoms with E-state index >= 15 is 0 Å². The fourth-order valence-electron chi connectivity index (χ4n) is 5.89. The highest BCUT2D eigenvalue weighted by atomic mass is 35.5.